The summed E-state index contributed by atoms with van der Waals surface area (Å²) >= 11 is 3.97. The quantitative estimate of drug-likeness (QED) is 0.236. The fourth-order valence-electron chi connectivity index (χ4n) is 3.62. The van der Waals surface area contributed by atoms with Crippen LogP contribution >= 0.6 is 15.9 Å². The minimum atomic E-state index is -1.83. The van der Waals surface area contributed by atoms with E-state index in [9.17, 15) is 0 Å². The summed E-state index contributed by atoms with van der Waals surface area (Å²) in [4.78, 5) is 0. The van der Waals surface area contributed by atoms with Gasteiger partial charge in [0, 0.05) is 16.0 Å². The van der Waals surface area contributed by atoms with E-state index in [1.807, 2.05) is 0 Å². The van der Waals surface area contributed by atoms with Gasteiger partial charge in [0.15, 0.2) is 16.6 Å². The number of hydrogen-bond acceptors (Lipinski definition) is 3. The second kappa shape index (κ2) is 10.7. The largest absolute Gasteiger partial charge is 0.496 e. The number of ether oxygens (including phenoxy) is 1. The summed E-state index contributed by atoms with van der Waals surface area (Å²) in [7, 11) is -1.88. The molecule has 1 aliphatic carbocycles. The third kappa shape index (κ3) is 6.84. The van der Waals surface area contributed by atoms with E-state index >= 15 is 0 Å². The van der Waals surface area contributed by atoms with E-state index in [4.69, 9.17) is 13.6 Å². The molecule has 0 amide bonds. The van der Waals surface area contributed by atoms with Gasteiger partial charge in [0.1, 0.15) is 5.75 Å². The standard InChI is InChI=1S/C27H47BrO3Si2/c1-26(2,3)32(8,9)30-18-20-14-12-13-15-22(20)24-23(29-7)17-16-21(25(24)28)19-31-33(10,11)27(4,5)6/h14,16-17,22H,12-13,15,18-19H2,1-11H3/t22-/m0/s1. The van der Waals surface area contributed by atoms with E-state index < -0.39 is 16.6 Å². The lowest BCUT2D eigenvalue weighted by Gasteiger charge is -2.38. The molecule has 6 heteroatoms. The van der Waals surface area contributed by atoms with Crippen molar-refractivity contribution in [2.45, 2.75) is 110 Å². The maximum Gasteiger partial charge on any atom is 0.192 e. The van der Waals surface area contributed by atoms with Crippen molar-refractivity contribution in [3.63, 3.8) is 0 Å². The van der Waals surface area contributed by atoms with Gasteiger partial charge in [-0.05, 0) is 88.7 Å². The molecule has 0 saturated heterocycles. The molecule has 0 aliphatic heterocycles. The zero-order valence-corrected chi connectivity index (χ0v) is 26.5. The van der Waals surface area contributed by atoms with E-state index in [1.54, 1.807) is 7.11 Å². The summed E-state index contributed by atoms with van der Waals surface area (Å²) in [5, 5.41) is 0.395. The summed E-state index contributed by atoms with van der Waals surface area (Å²) in [6.45, 7) is 24.4. The fourth-order valence-corrected chi connectivity index (χ4v) is 6.24. The molecule has 3 nitrogen and oxygen atoms in total. The first-order valence-corrected chi connectivity index (χ1v) is 18.9. The average Bonchev–Trinajstić information content (AvgIpc) is 2.69. The van der Waals surface area contributed by atoms with Crippen molar-refractivity contribution in [1.82, 2.24) is 0 Å². The van der Waals surface area contributed by atoms with Crippen molar-refractivity contribution in [1.29, 1.82) is 0 Å². The van der Waals surface area contributed by atoms with E-state index in [2.05, 4.69) is 102 Å². The Bertz CT molecular complexity index is 848. The molecule has 1 aromatic rings. The van der Waals surface area contributed by atoms with Gasteiger partial charge in [-0.25, -0.2) is 0 Å². The Balaban J connectivity index is 2.35. The molecular weight excluding hydrogens is 508 g/mol. The van der Waals surface area contributed by atoms with Gasteiger partial charge in [0.2, 0.25) is 0 Å². The highest BCUT2D eigenvalue weighted by Crippen LogP contribution is 2.46. The number of hydrogen-bond donors (Lipinski definition) is 0. The van der Waals surface area contributed by atoms with Crippen LogP contribution in [0.1, 0.15) is 77.8 Å². The van der Waals surface area contributed by atoms with Crippen LogP contribution < -0.4 is 4.74 Å². The SMILES string of the molecule is COc1ccc(CO[Si](C)(C)C(C)(C)C)c(Br)c1[C@H]1CCCC=C1CO[Si](C)(C)C(C)(C)C. The van der Waals surface area contributed by atoms with Gasteiger partial charge in [-0.15, -0.1) is 0 Å². The maximum absolute atomic E-state index is 6.65. The Morgan fingerprint density at radius 1 is 0.909 bits per heavy atom. The first kappa shape index (κ1) is 28.8. The van der Waals surface area contributed by atoms with Crippen LogP contribution in [0.2, 0.25) is 36.3 Å². The summed E-state index contributed by atoms with van der Waals surface area (Å²) < 4.78 is 20.2. The van der Waals surface area contributed by atoms with Crippen LogP contribution in [0.5, 0.6) is 5.75 Å². The molecule has 0 unspecified atom stereocenters. The van der Waals surface area contributed by atoms with Gasteiger partial charge in [-0.3, -0.25) is 0 Å². The van der Waals surface area contributed by atoms with Crippen molar-refractivity contribution >= 4 is 32.6 Å². The molecule has 33 heavy (non-hydrogen) atoms. The number of methoxy groups -OCH3 is 1. The van der Waals surface area contributed by atoms with Crippen LogP contribution in [0, 0.1) is 0 Å². The predicted octanol–water partition coefficient (Wildman–Crippen LogP) is 9.20. The van der Waals surface area contributed by atoms with Crippen molar-refractivity contribution in [3.8, 4) is 5.75 Å². The average molecular weight is 556 g/mol. The lowest BCUT2D eigenvalue weighted by atomic mass is 9.82. The van der Waals surface area contributed by atoms with Crippen LogP contribution in [0.25, 0.3) is 0 Å². The number of halogens is 1. The van der Waals surface area contributed by atoms with Crippen molar-refractivity contribution in [2.75, 3.05) is 13.7 Å². The van der Waals surface area contributed by atoms with Gasteiger partial charge < -0.3 is 13.6 Å². The monoisotopic (exact) mass is 554 g/mol. The van der Waals surface area contributed by atoms with E-state index in [0.29, 0.717) is 19.1 Å². The zero-order chi connectivity index (χ0) is 25.2. The van der Waals surface area contributed by atoms with Crippen LogP contribution in [0.15, 0.2) is 28.3 Å². The number of allylic oxidation sites excluding steroid dienone is 1. The molecule has 0 aromatic heterocycles. The first-order valence-electron chi connectivity index (χ1n) is 12.3. The summed E-state index contributed by atoms with van der Waals surface area (Å²) in [5.41, 5.74) is 3.84. The normalized spacial score (nSPS) is 18.3. The fraction of sp³-hybridized carbons (Fsp3) is 0.704. The van der Waals surface area contributed by atoms with E-state index in [-0.39, 0.29) is 10.1 Å². The molecule has 1 atom stereocenters. The summed E-state index contributed by atoms with van der Waals surface area (Å²) in [6, 6.07) is 4.27. The van der Waals surface area contributed by atoms with Crippen molar-refractivity contribution in [3.05, 3.63) is 39.4 Å². The van der Waals surface area contributed by atoms with Crippen molar-refractivity contribution in [2.24, 2.45) is 0 Å². The molecule has 188 valence electrons. The maximum atomic E-state index is 6.65. The third-order valence-electron chi connectivity index (χ3n) is 8.14. The first-order chi connectivity index (χ1) is 15.0. The smallest absolute Gasteiger partial charge is 0.192 e. The molecule has 0 spiro atoms. The Morgan fingerprint density at radius 2 is 1.45 bits per heavy atom. The molecule has 0 bridgehead atoms. The Hall–Kier alpha value is -0.406. The third-order valence-corrected chi connectivity index (χ3v) is 18.0. The van der Waals surface area contributed by atoms with Crippen molar-refractivity contribution < 1.29 is 13.6 Å². The number of benzene rings is 1. The second-order valence-corrected chi connectivity index (χ2v) is 22.9. The lowest BCUT2D eigenvalue weighted by Crippen LogP contribution is -2.41. The summed E-state index contributed by atoms with van der Waals surface area (Å²) in [5.74, 6) is 1.25. The zero-order valence-electron chi connectivity index (χ0n) is 22.9. The minimum Gasteiger partial charge on any atom is -0.496 e. The molecule has 0 saturated carbocycles. The van der Waals surface area contributed by atoms with Crippen LogP contribution in [-0.2, 0) is 15.5 Å². The molecule has 0 fully saturated rings. The highest BCUT2D eigenvalue weighted by Gasteiger charge is 2.39. The Kier molecular flexibility index (Phi) is 9.34. The molecule has 0 N–H and O–H groups in total. The van der Waals surface area contributed by atoms with Crippen LogP contribution in [-0.4, -0.2) is 30.4 Å². The van der Waals surface area contributed by atoms with Gasteiger partial charge >= 0.3 is 0 Å². The predicted molar refractivity (Wildman–Crippen MR) is 151 cm³/mol. The van der Waals surface area contributed by atoms with Crippen LogP contribution in [0.4, 0.5) is 0 Å². The molecule has 1 aliphatic rings. The lowest BCUT2D eigenvalue weighted by molar-refractivity contribution is 0.275. The van der Waals surface area contributed by atoms with Gasteiger partial charge in [0.25, 0.3) is 0 Å². The van der Waals surface area contributed by atoms with Gasteiger partial charge in [-0.1, -0.05) is 53.7 Å². The Labute approximate surface area is 214 Å². The summed E-state index contributed by atoms with van der Waals surface area (Å²) in [6.07, 6.45) is 5.84. The van der Waals surface area contributed by atoms with Gasteiger partial charge in [0.05, 0.1) is 20.3 Å². The molecule has 0 heterocycles. The minimum absolute atomic E-state index is 0.190. The van der Waals surface area contributed by atoms with E-state index in [0.717, 1.165) is 23.1 Å². The molecule has 1 aromatic carbocycles. The highest BCUT2D eigenvalue weighted by molar-refractivity contribution is 9.10. The molecule has 0 radical (unpaired) electrons. The van der Waals surface area contributed by atoms with E-state index in [1.165, 1.54) is 23.1 Å². The highest BCUT2D eigenvalue weighted by atomic mass is 79.9. The Morgan fingerprint density at radius 3 is 1.97 bits per heavy atom. The molecule has 2 rings (SSSR count). The molecular formula is C27H47BrO3Si2. The topological polar surface area (TPSA) is 27.7 Å². The van der Waals surface area contributed by atoms with Gasteiger partial charge in [-0.2, -0.15) is 0 Å². The second-order valence-electron chi connectivity index (χ2n) is 12.5. The number of rotatable bonds is 8. The van der Waals surface area contributed by atoms with Crippen LogP contribution in [0.3, 0.4) is 0 Å².